The highest BCUT2D eigenvalue weighted by molar-refractivity contribution is 6.07. The largest absolute Gasteiger partial charge is 0.409 e. The molecular formula is C15H21N3O2. The molecular weight excluding hydrogens is 254 g/mol. The molecule has 0 unspecified atom stereocenters. The second kappa shape index (κ2) is 5.94. The van der Waals surface area contributed by atoms with Gasteiger partial charge in [0.05, 0.1) is 0 Å². The van der Waals surface area contributed by atoms with Crippen molar-refractivity contribution in [3.8, 4) is 0 Å². The van der Waals surface area contributed by atoms with E-state index in [1.54, 1.807) is 0 Å². The molecule has 20 heavy (non-hydrogen) atoms. The predicted molar refractivity (Wildman–Crippen MR) is 77.4 cm³/mol. The molecule has 4 N–H and O–H groups in total. The van der Waals surface area contributed by atoms with Gasteiger partial charge >= 0.3 is 0 Å². The van der Waals surface area contributed by atoms with Gasteiger partial charge in [0.2, 0.25) is 5.91 Å². The molecule has 1 aromatic rings. The van der Waals surface area contributed by atoms with E-state index in [2.05, 4.69) is 23.5 Å². The van der Waals surface area contributed by atoms with E-state index in [1.807, 2.05) is 18.2 Å². The fourth-order valence-electron chi connectivity index (χ4n) is 2.65. The molecule has 0 aromatic heterocycles. The molecule has 1 aliphatic carbocycles. The zero-order valence-corrected chi connectivity index (χ0v) is 11.7. The number of hydrogen-bond acceptors (Lipinski definition) is 3. The van der Waals surface area contributed by atoms with Gasteiger partial charge in [-0.2, -0.15) is 0 Å². The number of hydrogen-bond donors (Lipinski definition) is 3. The van der Waals surface area contributed by atoms with E-state index in [1.165, 1.54) is 5.56 Å². The maximum atomic E-state index is 12.3. The fraction of sp³-hybridized carbons (Fsp3) is 0.467. The van der Waals surface area contributed by atoms with Crippen molar-refractivity contribution in [2.24, 2.45) is 16.3 Å². The van der Waals surface area contributed by atoms with Crippen LogP contribution in [0.25, 0.3) is 0 Å². The number of nitrogens with zero attached hydrogens (tertiary/aromatic N) is 1. The molecule has 1 saturated carbocycles. The Labute approximate surface area is 118 Å². The summed E-state index contributed by atoms with van der Waals surface area (Å²) in [6.45, 7) is 2.56. The third kappa shape index (κ3) is 2.48. The maximum absolute atomic E-state index is 12.3. The van der Waals surface area contributed by atoms with Crippen LogP contribution in [0, 0.1) is 5.41 Å². The van der Waals surface area contributed by atoms with Crippen LogP contribution in [-0.4, -0.2) is 17.0 Å². The van der Waals surface area contributed by atoms with Crippen molar-refractivity contribution < 1.29 is 10.0 Å². The Bertz CT molecular complexity index is 522. The Kier molecular flexibility index (Phi) is 4.27. The minimum absolute atomic E-state index is 0.0185. The lowest BCUT2D eigenvalue weighted by molar-refractivity contribution is -0.131. The normalized spacial score (nSPS) is 17.4. The van der Waals surface area contributed by atoms with Crippen LogP contribution in [-0.2, 0) is 17.8 Å². The van der Waals surface area contributed by atoms with Crippen LogP contribution in [0.2, 0.25) is 0 Å². The zero-order chi connectivity index (χ0) is 14.6. The Morgan fingerprint density at radius 3 is 2.55 bits per heavy atom. The molecule has 1 aromatic carbocycles. The standard InChI is InChI=1S/C15H21N3O2/c1-2-11-6-3-4-7-12(11)10-17-14(19)15(8-5-9-15)13(16)18-20/h3-4,6-7,20H,2,5,8-10H2,1H3,(H2,16,18)(H,17,19). The number of carbonyl (C=O) groups is 1. The van der Waals surface area contributed by atoms with Gasteiger partial charge in [-0.1, -0.05) is 42.8 Å². The Morgan fingerprint density at radius 1 is 1.40 bits per heavy atom. The summed E-state index contributed by atoms with van der Waals surface area (Å²) in [6.07, 6.45) is 3.14. The van der Waals surface area contributed by atoms with Crippen LogP contribution < -0.4 is 11.1 Å². The number of aryl methyl sites for hydroxylation is 1. The number of rotatable bonds is 5. The van der Waals surface area contributed by atoms with Gasteiger partial charge in [0.25, 0.3) is 0 Å². The van der Waals surface area contributed by atoms with Crippen LogP contribution in [0.4, 0.5) is 0 Å². The van der Waals surface area contributed by atoms with Gasteiger partial charge in [-0.25, -0.2) is 0 Å². The van der Waals surface area contributed by atoms with Crippen molar-refractivity contribution in [1.82, 2.24) is 5.32 Å². The number of carbonyl (C=O) groups excluding carboxylic acids is 1. The Balaban J connectivity index is 2.05. The molecule has 1 fully saturated rings. The highest BCUT2D eigenvalue weighted by Crippen LogP contribution is 2.41. The van der Waals surface area contributed by atoms with Gasteiger partial charge < -0.3 is 16.3 Å². The number of amidine groups is 1. The van der Waals surface area contributed by atoms with Crippen molar-refractivity contribution >= 4 is 11.7 Å². The lowest BCUT2D eigenvalue weighted by Gasteiger charge is -2.38. The lowest BCUT2D eigenvalue weighted by Crippen LogP contribution is -2.53. The molecule has 0 spiro atoms. The molecule has 0 aliphatic heterocycles. The van der Waals surface area contributed by atoms with Crippen LogP contribution in [0.3, 0.4) is 0 Å². The highest BCUT2D eigenvalue weighted by Gasteiger charge is 2.48. The summed E-state index contributed by atoms with van der Waals surface area (Å²) in [4.78, 5) is 12.3. The number of nitrogens with one attached hydrogen (secondary N) is 1. The van der Waals surface area contributed by atoms with E-state index in [-0.39, 0.29) is 11.7 Å². The minimum atomic E-state index is -0.810. The predicted octanol–water partition coefficient (Wildman–Crippen LogP) is 1.78. The maximum Gasteiger partial charge on any atom is 0.234 e. The summed E-state index contributed by atoms with van der Waals surface area (Å²) in [5.41, 5.74) is 7.20. The van der Waals surface area contributed by atoms with Gasteiger partial charge in [-0.15, -0.1) is 0 Å². The van der Waals surface area contributed by atoms with Crippen molar-refractivity contribution in [2.75, 3.05) is 0 Å². The third-order valence-electron chi connectivity index (χ3n) is 4.18. The molecule has 1 amide bonds. The average molecular weight is 275 g/mol. The molecule has 5 nitrogen and oxygen atoms in total. The van der Waals surface area contributed by atoms with Crippen LogP contribution in [0.1, 0.15) is 37.3 Å². The molecule has 0 saturated heterocycles. The number of amides is 1. The van der Waals surface area contributed by atoms with E-state index in [0.717, 1.165) is 18.4 Å². The number of benzene rings is 1. The number of oxime groups is 1. The van der Waals surface area contributed by atoms with E-state index < -0.39 is 5.41 Å². The summed E-state index contributed by atoms with van der Waals surface area (Å²) < 4.78 is 0. The first-order chi connectivity index (χ1) is 9.64. The zero-order valence-electron chi connectivity index (χ0n) is 11.7. The van der Waals surface area contributed by atoms with Crippen molar-refractivity contribution in [3.63, 3.8) is 0 Å². The topological polar surface area (TPSA) is 87.7 Å². The summed E-state index contributed by atoms with van der Waals surface area (Å²) >= 11 is 0. The molecule has 2 rings (SSSR count). The van der Waals surface area contributed by atoms with E-state index in [9.17, 15) is 4.79 Å². The Hall–Kier alpha value is -2.04. The minimum Gasteiger partial charge on any atom is -0.409 e. The molecule has 0 atom stereocenters. The second-order valence-corrected chi connectivity index (χ2v) is 5.23. The van der Waals surface area contributed by atoms with Gasteiger partial charge in [-0.3, -0.25) is 4.79 Å². The molecule has 108 valence electrons. The molecule has 0 bridgehead atoms. The summed E-state index contributed by atoms with van der Waals surface area (Å²) in [6, 6.07) is 8.03. The lowest BCUT2D eigenvalue weighted by atomic mass is 9.67. The van der Waals surface area contributed by atoms with E-state index in [4.69, 9.17) is 10.9 Å². The molecule has 1 aliphatic rings. The van der Waals surface area contributed by atoms with Gasteiger partial charge in [0, 0.05) is 6.54 Å². The van der Waals surface area contributed by atoms with Crippen LogP contribution in [0.5, 0.6) is 0 Å². The van der Waals surface area contributed by atoms with E-state index >= 15 is 0 Å². The average Bonchev–Trinajstić information content (AvgIpc) is 2.43. The van der Waals surface area contributed by atoms with Gasteiger partial charge in [0.15, 0.2) is 5.84 Å². The summed E-state index contributed by atoms with van der Waals surface area (Å²) in [5.74, 6) is -0.130. The monoisotopic (exact) mass is 275 g/mol. The van der Waals surface area contributed by atoms with E-state index in [0.29, 0.717) is 19.4 Å². The van der Waals surface area contributed by atoms with Crippen molar-refractivity contribution in [3.05, 3.63) is 35.4 Å². The summed E-state index contributed by atoms with van der Waals surface area (Å²) in [5, 5.41) is 14.8. The first-order valence-corrected chi connectivity index (χ1v) is 6.97. The summed E-state index contributed by atoms with van der Waals surface area (Å²) in [7, 11) is 0. The first kappa shape index (κ1) is 14.4. The highest BCUT2D eigenvalue weighted by atomic mass is 16.4. The third-order valence-corrected chi connectivity index (χ3v) is 4.18. The van der Waals surface area contributed by atoms with Crippen molar-refractivity contribution in [1.29, 1.82) is 0 Å². The van der Waals surface area contributed by atoms with Crippen LogP contribution in [0.15, 0.2) is 29.4 Å². The fourth-order valence-corrected chi connectivity index (χ4v) is 2.65. The van der Waals surface area contributed by atoms with Crippen molar-refractivity contribution in [2.45, 2.75) is 39.2 Å². The Morgan fingerprint density at radius 2 is 2.05 bits per heavy atom. The molecule has 5 heteroatoms. The first-order valence-electron chi connectivity index (χ1n) is 6.97. The second-order valence-electron chi connectivity index (χ2n) is 5.23. The smallest absolute Gasteiger partial charge is 0.234 e. The molecule has 0 radical (unpaired) electrons. The SMILES string of the molecule is CCc1ccccc1CNC(=O)C1(/C(N)=N/O)CCC1. The molecule has 0 heterocycles. The van der Waals surface area contributed by atoms with Gasteiger partial charge in [0.1, 0.15) is 5.41 Å². The van der Waals surface area contributed by atoms with Gasteiger partial charge in [-0.05, 0) is 30.4 Å². The van der Waals surface area contributed by atoms with Crippen LogP contribution >= 0.6 is 0 Å². The quantitative estimate of drug-likeness (QED) is 0.331. The number of nitrogens with two attached hydrogens (primary N) is 1.